The monoisotopic (exact) mass is 285 g/mol. The first-order valence-corrected chi connectivity index (χ1v) is 4.93. The zero-order valence-electron chi connectivity index (χ0n) is 8.89. The van der Waals surface area contributed by atoms with Crippen molar-refractivity contribution in [3.8, 4) is 0 Å². The van der Waals surface area contributed by atoms with Gasteiger partial charge in [0.25, 0.3) is 0 Å². The Labute approximate surface area is 94.5 Å². The SMILES string of the molecule is CCC(CC)C(N)(CC)CC.I. The standard InChI is InChI=1S/C10H23N.HI/c1-5-9(6-2)10(11,7-3)8-4;/h9H,5-8,11H2,1-4H3;1H. The van der Waals surface area contributed by atoms with E-state index in [0.29, 0.717) is 5.92 Å². The Morgan fingerprint density at radius 1 is 1.00 bits per heavy atom. The molecule has 0 aliphatic carbocycles. The molecule has 2 N–H and O–H groups in total. The second-order valence-electron chi connectivity index (χ2n) is 3.45. The Morgan fingerprint density at radius 2 is 1.33 bits per heavy atom. The zero-order chi connectivity index (χ0) is 8.91. The maximum absolute atomic E-state index is 6.26. The minimum absolute atomic E-state index is 0. The average Bonchev–Trinajstić information content (AvgIpc) is 2.06. The van der Waals surface area contributed by atoms with E-state index in [9.17, 15) is 0 Å². The van der Waals surface area contributed by atoms with Gasteiger partial charge < -0.3 is 5.73 Å². The first-order chi connectivity index (χ1) is 5.14. The van der Waals surface area contributed by atoms with Crippen LogP contribution in [-0.2, 0) is 0 Å². The van der Waals surface area contributed by atoms with Gasteiger partial charge in [-0.05, 0) is 18.8 Å². The summed E-state index contributed by atoms with van der Waals surface area (Å²) in [5, 5.41) is 0. The summed E-state index contributed by atoms with van der Waals surface area (Å²) in [6, 6.07) is 0. The van der Waals surface area contributed by atoms with Gasteiger partial charge in [0.1, 0.15) is 0 Å². The van der Waals surface area contributed by atoms with Crippen LogP contribution in [0.4, 0.5) is 0 Å². The van der Waals surface area contributed by atoms with Gasteiger partial charge in [-0.1, -0.05) is 40.5 Å². The van der Waals surface area contributed by atoms with E-state index in [1.54, 1.807) is 0 Å². The molecule has 0 saturated heterocycles. The molecule has 76 valence electrons. The van der Waals surface area contributed by atoms with Crippen molar-refractivity contribution in [3.05, 3.63) is 0 Å². The summed E-state index contributed by atoms with van der Waals surface area (Å²) >= 11 is 0. The van der Waals surface area contributed by atoms with E-state index >= 15 is 0 Å². The third-order valence-electron chi connectivity index (χ3n) is 3.12. The van der Waals surface area contributed by atoms with Crippen molar-refractivity contribution in [1.82, 2.24) is 0 Å². The van der Waals surface area contributed by atoms with Crippen LogP contribution in [0.2, 0.25) is 0 Å². The molecule has 12 heavy (non-hydrogen) atoms. The number of halogens is 1. The van der Waals surface area contributed by atoms with Gasteiger partial charge in [-0.2, -0.15) is 0 Å². The molecule has 0 heterocycles. The molecule has 0 aromatic carbocycles. The largest absolute Gasteiger partial charge is 0.325 e. The van der Waals surface area contributed by atoms with Crippen molar-refractivity contribution in [2.24, 2.45) is 11.7 Å². The number of nitrogens with two attached hydrogens (primary N) is 1. The first kappa shape index (κ1) is 15.2. The van der Waals surface area contributed by atoms with Crippen LogP contribution in [0.5, 0.6) is 0 Å². The summed E-state index contributed by atoms with van der Waals surface area (Å²) in [6.07, 6.45) is 4.65. The molecule has 0 unspecified atom stereocenters. The molecule has 0 spiro atoms. The summed E-state index contributed by atoms with van der Waals surface area (Å²) in [4.78, 5) is 0. The molecule has 0 amide bonds. The Kier molecular flexibility index (Phi) is 9.01. The van der Waals surface area contributed by atoms with E-state index < -0.39 is 0 Å². The van der Waals surface area contributed by atoms with E-state index in [1.807, 2.05) is 0 Å². The third-order valence-corrected chi connectivity index (χ3v) is 3.12. The predicted octanol–water partition coefficient (Wildman–Crippen LogP) is 3.56. The Morgan fingerprint density at radius 3 is 1.42 bits per heavy atom. The predicted molar refractivity (Wildman–Crippen MR) is 67.0 cm³/mol. The highest BCUT2D eigenvalue weighted by Crippen LogP contribution is 2.27. The van der Waals surface area contributed by atoms with Gasteiger partial charge in [-0.25, -0.2) is 0 Å². The smallest absolute Gasteiger partial charge is 0.0177 e. The maximum Gasteiger partial charge on any atom is 0.0177 e. The molecule has 0 aliphatic rings. The van der Waals surface area contributed by atoms with Crippen LogP contribution >= 0.6 is 24.0 Å². The van der Waals surface area contributed by atoms with Crippen LogP contribution in [0.25, 0.3) is 0 Å². The number of hydrogen-bond acceptors (Lipinski definition) is 1. The fourth-order valence-corrected chi connectivity index (χ4v) is 1.93. The average molecular weight is 285 g/mol. The summed E-state index contributed by atoms with van der Waals surface area (Å²) in [5.74, 6) is 0.706. The van der Waals surface area contributed by atoms with Gasteiger partial charge >= 0.3 is 0 Å². The van der Waals surface area contributed by atoms with Crippen molar-refractivity contribution < 1.29 is 0 Å². The molecule has 0 bridgehead atoms. The lowest BCUT2D eigenvalue weighted by Gasteiger charge is -2.35. The van der Waals surface area contributed by atoms with E-state index in [0.717, 1.165) is 12.8 Å². The van der Waals surface area contributed by atoms with Gasteiger partial charge in [-0.15, -0.1) is 24.0 Å². The molecular weight excluding hydrogens is 261 g/mol. The molecule has 0 aromatic heterocycles. The lowest BCUT2D eigenvalue weighted by molar-refractivity contribution is 0.237. The van der Waals surface area contributed by atoms with Crippen LogP contribution in [-0.4, -0.2) is 5.54 Å². The van der Waals surface area contributed by atoms with E-state index in [1.165, 1.54) is 12.8 Å². The highest BCUT2D eigenvalue weighted by Gasteiger charge is 2.28. The van der Waals surface area contributed by atoms with Gasteiger partial charge in [0.2, 0.25) is 0 Å². The highest BCUT2D eigenvalue weighted by molar-refractivity contribution is 14.0. The normalized spacial score (nSPS) is 11.5. The van der Waals surface area contributed by atoms with Gasteiger partial charge in [0, 0.05) is 5.54 Å². The lowest BCUT2D eigenvalue weighted by atomic mass is 9.77. The van der Waals surface area contributed by atoms with Crippen LogP contribution in [0.3, 0.4) is 0 Å². The molecular formula is C10H24IN. The Hall–Kier alpha value is 0.690. The minimum atomic E-state index is 0. The number of hydrogen-bond donors (Lipinski definition) is 1. The lowest BCUT2D eigenvalue weighted by Crippen LogP contribution is -2.45. The van der Waals surface area contributed by atoms with E-state index in [-0.39, 0.29) is 29.5 Å². The van der Waals surface area contributed by atoms with Crippen LogP contribution in [0.1, 0.15) is 53.4 Å². The van der Waals surface area contributed by atoms with Crippen molar-refractivity contribution in [2.45, 2.75) is 58.9 Å². The Balaban J connectivity index is 0. The number of rotatable bonds is 5. The first-order valence-electron chi connectivity index (χ1n) is 4.93. The topological polar surface area (TPSA) is 26.0 Å². The molecule has 0 fully saturated rings. The van der Waals surface area contributed by atoms with Crippen molar-refractivity contribution in [3.63, 3.8) is 0 Å². The van der Waals surface area contributed by atoms with Crippen LogP contribution < -0.4 is 5.73 Å². The fraction of sp³-hybridized carbons (Fsp3) is 1.00. The second kappa shape index (κ2) is 7.13. The zero-order valence-corrected chi connectivity index (χ0v) is 11.2. The molecule has 1 nitrogen and oxygen atoms in total. The highest BCUT2D eigenvalue weighted by atomic mass is 127. The molecule has 0 aliphatic heterocycles. The molecule has 0 saturated carbocycles. The van der Waals surface area contributed by atoms with Crippen molar-refractivity contribution in [2.75, 3.05) is 0 Å². The second-order valence-corrected chi connectivity index (χ2v) is 3.45. The molecule has 2 heteroatoms. The van der Waals surface area contributed by atoms with E-state index in [4.69, 9.17) is 5.73 Å². The van der Waals surface area contributed by atoms with Crippen molar-refractivity contribution in [1.29, 1.82) is 0 Å². The van der Waals surface area contributed by atoms with Gasteiger partial charge in [0.15, 0.2) is 0 Å². The van der Waals surface area contributed by atoms with Gasteiger partial charge in [0.05, 0.1) is 0 Å². The quantitative estimate of drug-likeness (QED) is 0.768. The Bertz CT molecular complexity index is 96.0. The van der Waals surface area contributed by atoms with Crippen LogP contribution in [0, 0.1) is 5.92 Å². The third kappa shape index (κ3) is 3.60. The molecule has 0 aromatic rings. The molecule has 0 rings (SSSR count). The fourth-order valence-electron chi connectivity index (χ4n) is 1.93. The minimum Gasteiger partial charge on any atom is -0.325 e. The molecule has 0 radical (unpaired) electrons. The summed E-state index contributed by atoms with van der Waals surface area (Å²) in [5.41, 5.74) is 6.36. The van der Waals surface area contributed by atoms with Crippen molar-refractivity contribution >= 4 is 24.0 Å². The molecule has 0 atom stereocenters. The summed E-state index contributed by atoms with van der Waals surface area (Å²) in [6.45, 7) is 8.87. The summed E-state index contributed by atoms with van der Waals surface area (Å²) in [7, 11) is 0. The summed E-state index contributed by atoms with van der Waals surface area (Å²) < 4.78 is 0. The van der Waals surface area contributed by atoms with Crippen LogP contribution in [0.15, 0.2) is 0 Å². The van der Waals surface area contributed by atoms with E-state index in [2.05, 4.69) is 27.7 Å². The maximum atomic E-state index is 6.26. The van der Waals surface area contributed by atoms with Gasteiger partial charge in [-0.3, -0.25) is 0 Å².